The molecule has 2 heterocycles. The van der Waals surface area contributed by atoms with Crippen molar-refractivity contribution in [2.24, 2.45) is 0 Å². The lowest BCUT2D eigenvalue weighted by atomic mass is 9.94. The zero-order chi connectivity index (χ0) is 19.6. The first-order valence-electron chi connectivity index (χ1n) is 8.72. The van der Waals surface area contributed by atoms with E-state index in [0.717, 1.165) is 17.1 Å². The van der Waals surface area contributed by atoms with E-state index >= 15 is 0 Å². The molecule has 1 amide bonds. The molecule has 0 fully saturated rings. The average Bonchev–Trinajstić information content (AvgIpc) is 3.11. The topological polar surface area (TPSA) is 59.4 Å². The molecular formula is C19H22Cl2N4O2. The monoisotopic (exact) mass is 408 g/mol. The van der Waals surface area contributed by atoms with Crippen LogP contribution in [0.1, 0.15) is 25.5 Å². The number of benzene rings is 1. The Bertz CT molecular complexity index is 878. The van der Waals surface area contributed by atoms with Crippen molar-refractivity contribution < 1.29 is 9.53 Å². The number of nitrogens with zero attached hydrogens (tertiary/aromatic N) is 3. The van der Waals surface area contributed by atoms with Crippen molar-refractivity contribution in [2.45, 2.75) is 19.9 Å². The number of methoxy groups -OCH3 is 1. The minimum Gasteiger partial charge on any atom is -0.383 e. The van der Waals surface area contributed by atoms with Crippen molar-refractivity contribution in [1.82, 2.24) is 14.7 Å². The van der Waals surface area contributed by atoms with Crippen LogP contribution in [0.3, 0.4) is 0 Å². The number of hydrogen-bond donors (Lipinski definition) is 1. The summed E-state index contributed by atoms with van der Waals surface area (Å²) < 4.78 is 6.94. The number of rotatable bonds is 6. The molecule has 27 heavy (non-hydrogen) atoms. The van der Waals surface area contributed by atoms with Crippen LogP contribution in [0, 0.1) is 0 Å². The lowest BCUT2D eigenvalue weighted by Crippen LogP contribution is -2.39. The van der Waals surface area contributed by atoms with Gasteiger partial charge in [-0.2, -0.15) is 5.10 Å². The predicted molar refractivity (Wildman–Crippen MR) is 107 cm³/mol. The summed E-state index contributed by atoms with van der Waals surface area (Å²) in [5.74, 6) is 0.761. The van der Waals surface area contributed by atoms with Gasteiger partial charge in [0.2, 0.25) is 0 Å². The van der Waals surface area contributed by atoms with E-state index in [2.05, 4.69) is 10.4 Å². The van der Waals surface area contributed by atoms with Crippen LogP contribution in [0.2, 0.25) is 10.0 Å². The van der Waals surface area contributed by atoms with Gasteiger partial charge in [-0.15, -0.1) is 0 Å². The van der Waals surface area contributed by atoms with Crippen molar-refractivity contribution in [1.29, 1.82) is 0 Å². The molecule has 1 aromatic carbocycles. The number of carbonyl (C=O) groups excluding carboxylic acids is 1. The van der Waals surface area contributed by atoms with Crippen LogP contribution >= 0.6 is 23.2 Å². The first kappa shape index (κ1) is 19.7. The van der Waals surface area contributed by atoms with Gasteiger partial charge in [0.25, 0.3) is 5.91 Å². The third kappa shape index (κ3) is 3.83. The van der Waals surface area contributed by atoms with Crippen molar-refractivity contribution in [3.63, 3.8) is 0 Å². The number of nitrogens with one attached hydrogen (secondary N) is 1. The van der Waals surface area contributed by atoms with E-state index < -0.39 is 6.04 Å². The Morgan fingerprint density at radius 3 is 2.78 bits per heavy atom. The van der Waals surface area contributed by atoms with E-state index in [9.17, 15) is 4.79 Å². The van der Waals surface area contributed by atoms with Crippen LogP contribution < -0.4 is 5.32 Å². The molecule has 144 valence electrons. The Morgan fingerprint density at radius 1 is 1.33 bits per heavy atom. The average molecular weight is 409 g/mol. The molecule has 2 aromatic rings. The molecule has 0 spiro atoms. The van der Waals surface area contributed by atoms with E-state index in [1.165, 1.54) is 0 Å². The number of hydrogen-bond acceptors (Lipinski definition) is 4. The molecule has 0 radical (unpaired) electrons. The predicted octanol–water partition coefficient (Wildman–Crippen LogP) is 3.97. The first-order valence-corrected chi connectivity index (χ1v) is 9.48. The number of amides is 1. The van der Waals surface area contributed by atoms with Crippen LogP contribution in [-0.2, 0) is 9.53 Å². The second-order valence-corrected chi connectivity index (χ2v) is 7.09. The van der Waals surface area contributed by atoms with E-state index in [4.69, 9.17) is 27.9 Å². The molecule has 1 aromatic heterocycles. The summed E-state index contributed by atoms with van der Waals surface area (Å²) in [7, 11) is 1.62. The smallest absolute Gasteiger partial charge is 0.254 e. The summed E-state index contributed by atoms with van der Waals surface area (Å²) in [6.07, 6.45) is 1.70. The second kappa shape index (κ2) is 8.33. The van der Waals surface area contributed by atoms with Crippen molar-refractivity contribution in [3.05, 3.63) is 57.3 Å². The fourth-order valence-electron chi connectivity index (χ4n) is 3.25. The zero-order valence-corrected chi connectivity index (χ0v) is 17.0. The third-order valence-electron chi connectivity index (χ3n) is 4.63. The summed E-state index contributed by atoms with van der Waals surface area (Å²) in [5, 5.41) is 8.62. The number of likely N-dealkylation sites (N-methyl/N-ethyl adjacent to an activating group) is 1. The van der Waals surface area contributed by atoms with Crippen LogP contribution in [0.4, 0.5) is 5.82 Å². The summed E-state index contributed by atoms with van der Waals surface area (Å²) in [5.41, 5.74) is 2.27. The maximum Gasteiger partial charge on any atom is 0.254 e. The number of carbonyl (C=O) groups is 1. The molecule has 3 rings (SSSR count). The van der Waals surface area contributed by atoms with Crippen LogP contribution in [0.5, 0.6) is 0 Å². The highest BCUT2D eigenvalue weighted by Gasteiger charge is 2.34. The zero-order valence-electron chi connectivity index (χ0n) is 15.5. The van der Waals surface area contributed by atoms with Crippen molar-refractivity contribution in [3.8, 4) is 0 Å². The fraction of sp³-hybridized carbons (Fsp3) is 0.368. The molecule has 0 saturated carbocycles. The van der Waals surface area contributed by atoms with E-state index in [1.807, 2.05) is 26.0 Å². The number of halogens is 2. The van der Waals surface area contributed by atoms with Gasteiger partial charge in [-0.05, 0) is 31.5 Å². The summed E-state index contributed by atoms with van der Waals surface area (Å²) >= 11 is 12.3. The first-order chi connectivity index (χ1) is 13.0. The maximum atomic E-state index is 13.4. The van der Waals surface area contributed by atoms with Gasteiger partial charge in [-0.1, -0.05) is 29.3 Å². The standard InChI is InChI=1S/C19H22Cl2N4O2/c1-4-24(9-10-27-3)19(26)17-12(2)23-16-7-8-22-25(16)18(17)13-5-6-14(20)15(21)11-13/h5-8,11,18,23H,4,9-10H2,1-3H3. The SMILES string of the molecule is CCN(CCOC)C(=O)C1=C(C)Nc2ccnn2C1c1ccc(Cl)c(Cl)c1. The highest BCUT2D eigenvalue weighted by atomic mass is 35.5. The molecule has 1 aliphatic heterocycles. The Labute approximate surface area is 168 Å². The molecule has 1 unspecified atom stereocenters. The molecule has 6 nitrogen and oxygen atoms in total. The normalized spacial score (nSPS) is 16.1. The van der Waals surface area contributed by atoms with Crippen LogP contribution in [0.25, 0.3) is 0 Å². The lowest BCUT2D eigenvalue weighted by molar-refractivity contribution is -0.128. The van der Waals surface area contributed by atoms with Gasteiger partial charge in [0.1, 0.15) is 11.9 Å². The van der Waals surface area contributed by atoms with Crippen LogP contribution in [-0.4, -0.2) is 47.4 Å². The minimum absolute atomic E-state index is 0.0585. The maximum absolute atomic E-state index is 13.4. The highest BCUT2D eigenvalue weighted by molar-refractivity contribution is 6.42. The molecule has 1 N–H and O–H groups in total. The second-order valence-electron chi connectivity index (χ2n) is 6.28. The number of allylic oxidation sites excluding steroid dienone is 1. The van der Waals surface area contributed by atoms with Crippen molar-refractivity contribution >= 4 is 34.9 Å². The lowest BCUT2D eigenvalue weighted by Gasteiger charge is -2.32. The number of ether oxygens (including phenoxy) is 1. The van der Waals surface area contributed by atoms with E-state index in [-0.39, 0.29) is 5.91 Å². The number of anilines is 1. The Kier molecular flexibility index (Phi) is 6.09. The molecule has 1 aliphatic rings. The van der Waals surface area contributed by atoms with Gasteiger partial charge in [0, 0.05) is 32.0 Å². The fourth-order valence-corrected chi connectivity index (χ4v) is 3.56. The van der Waals surface area contributed by atoms with Gasteiger partial charge in [0.15, 0.2) is 0 Å². The summed E-state index contributed by atoms with van der Waals surface area (Å²) in [4.78, 5) is 15.2. The van der Waals surface area contributed by atoms with Crippen LogP contribution in [0.15, 0.2) is 41.7 Å². The Hall–Kier alpha value is -2.02. The summed E-state index contributed by atoms with van der Waals surface area (Å²) in [6.45, 7) is 5.43. The highest BCUT2D eigenvalue weighted by Crippen LogP contribution is 2.38. The summed E-state index contributed by atoms with van der Waals surface area (Å²) in [6, 6.07) is 6.89. The molecule has 0 bridgehead atoms. The minimum atomic E-state index is -0.393. The molecule has 0 saturated heterocycles. The quantitative estimate of drug-likeness (QED) is 0.785. The van der Waals surface area contributed by atoms with Gasteiger partial charge in [-0.3, -0.25) is 4.79 Å². The van der Waals surface area contributed by atoms with Gasteiger partial charge >= 0.3 is 0 Å². The van der Waals surface area contributed by atoms with Crippen molar-refractivity contribution in [2.75, 3.05) is 32.1 Å². The molecular weight excluding hydrogens is 387 g/mol. The third-order valence-corrected chi connectivity index (χ3v) is 5.37. The number of fused-ring (bicyclic) bond motifs is 1. The van der Waals surface area contributed by atoms with E-state index in [0.29, 0.717) is 35.3 Å². The molecule has 1 atom stereocenters. The Morgan fingerprint density at radius 2 is 2.11 bits per heavy atom. The van der Waals surface area contributed by atoms with Gasteiger partial charge in [0.05, 0.1) is 28.4 Å². The van der Waals surface area contributed by atoms with Gasteiger partial charge < -0.3 is 15.0 Å². The number of aromatic nitrogens is 2. The van der Waals surface area contributed by atoms with Gasteiger partial charge in [-0.25, -0.2) is 4.68 Å². The van der Waals surface area contributed by atoms with E-state index in [1.54, 1.807) is 35.0 Å². The molecule has 8 heteroatoms. The Balaban J connectivity index is 2.08. The largest absolute Gasteiger partial charge is 0.383 e. The molecule has 0 aliphatic carbocycles.